The summed E-state index contributed by atoms with van der Waals surface area (Å²) in [5.41, 5.74) is 3.29. The molecule has 0 saturated carbocycles. The van der Waals surface area contributed by atoms with Crippen LogP contribution < -0.4 is 5.32 Å². The first-order chi connectivity index (χ1) is 17.1. The SMILES string of the molecule is CCc1ccc([C@@H](C(=O)NCCOC)N(Cc2ccco2)C(=O)Cn2nnc3ccccc32)cc1. The van der Waals surface area contributed by atoms with Crippen molar-refractivity contribution in [1.82, 2.24) is 25.2 Å². The van der Waals surface area contributed by atoms with Crippen LogP contribution in [0, 0.1) is 0 Å². The molecule has 35 heavy (non-hydrogen) atoms. The minimum absolute atomic E-state index is 0.0733. The van der Waals surface area contributed by atoms with Crippen molar-refractivity contribution in [3.63, 3.8) is 0 Å². The van der Waals surface area contributed by atoms with E-state index in [2.05, 4.69) is 22.6 Å². The Kier molecular flexibility index (Phi) is 7.89. The Labute approximate surface area is 203 Å². The van der Waals surface area contributed by atoms with Gasteiger partial charge in [-0.3, -0.25) is 9.59 Å². The maximum atomic E-state index is 13.7. The van der Waals surface area contributed by atoms with Crippen LogP contribution in [0.3, 0.4) is 0 Å². The number of nitrogens with zero attached hydrogens (tertiary/aromatic N) is 4. The van der Waals surface area contributed by atoms with Crippen LogP contribution in [-0.4, -0.2) is 52.0 Å². The average Bonchev–Trinajstić information content (AvgIpc) is 3.54. The number of aromatic nitrogens is 3. The van der Waals surface area contributed by atoms with E-state index in [1.807, 2.05) is 48.5 Å². The highest BCUT2D eigenvalue weighted by Crippen LogP contribution is 2.25. The molecule has 2 aromatic heterocycles. The number of methoxy groups -OCH3 is 1. The quantitative estimate of drug-likeness (QED) is 0.335. The zero-order valence-electron chi connectivity index (χ0n) is 19.9. The lowest BCUT2D eigenvalue weighted by Crippen LogP contribution is -2.45. The number of amides is 2. The van der Waals surface area contributed by atoms with E-state index in [0.29, 0.717) is 30.0 Å². The van der Waals surface area contributed by atoms with Gasteiger partial charge in [-0.05, 0) is 41.8 Å². The van der Waals surface area contributed by atoms with Crippen LogP contribution in [0.5, 0.6) is 0 Å². The second kappa shape index (κ2) is 11.4. The summed E-state index contributed by atoms with van der Waals surface area (Å²) in [5, 5.41) is 11.2. The van der Waals surface area contributed by atoms with E-state index in [1.165, 1.54) is 4.90 Å². The third-order valence-electron chi connectivity index (χ3n) is 5.80. The molecule has 0 aliphatic heterocycles. The molecule has 0 radical (unpaired) electrons. The number of fused-ring (bicyclic) bond motifs is 1. The van der Waals surface area contributed by atoms with Crippen molar-refractivity contribution in [2.24, 2.45) is 0 Å². The summed E-state index contributed by atoms with van der Waals surface area (Å²) in [6.07, 6.45) is 2.42. The van der Waals surface area contributed by atoms with Gasteiger partial charge in [-0.2, -0.15) is 0 Å². The fourth-order valence-electron chi connectivity index (χ4n) is 3.93. The van der Waals surface area contributed by atoms with Crippen LogP contribution in [-0.2, 0) is 33.8 Å². The lowest BCUT2D eigenvalue weighted by Gasteiger charge is -2.31. The Morgan fingerprint density at radius 3 is 2.63 bits per heavy atom. The summed E-state index contributed by atoms with van der Waals surface area (Å²) in [7, 11) is 1.57. The lowest BCUT2D eigenvalue weighted by molar-refractivity contribution is -0.142. The molecule has 1 atom stereocenters. The number of hydrogen-bond acceptors (Lipinski definition) is 6. The van der Waals surface area contributed by atoms with E-state index < -0.39 is 6.04 Å². The van der Waals surface area contributed by atoms with Gasteiger partial charge in [0.1, 0.15) is 23.9 Å². The van der Waals surface area contributed by atoms with Gasteiger partial charge in [-0.25, -0.2) is 4.68 Å². The van der Waals surface area contributed by atoms with Gasteiger partial charge in [0, 0.05) is 13.7 Å². The summed E-state index contributed by atoms with van der Waals surface area (Å²) in [6.45, 7) is 2.81. The largest absolute Gasteiger partial charge is 0.467 e. The standard InChI is InChI=1S/C26H29N5O4/c1-3-19-10-12-20(13-11-19)25(26(33)27-14-16-34-2)30(17-21-7-6-15-35-21)24(32)18-31-23-9-5-4-8-22(23)28-29-31/h4-13,15,25H,3,14,16-18H2,1-2H3,(H,27,33)/t25-/m0/s1. The fourth-order valence-corrected chi connectivity index (χ4v) is 3.93. The van der Waals surface area contributed by atoms with Crippen molar-refractivity contribution in [3.8, 4) is 0 Å². The number of hydrogen-bond donors (Lipinski definition) is 1. The molecule has 0 aliphatic rings. The van der Waals surface area contributed by atoms with Gasteiger partial charge in [0.15, 0.2) is 0 Å². The molecule has 2 heterocycles. The monoisotopic (exact) mass is 475 g/mol. The molecule has 0 fully saturated rings. The highest BCUT2D eigenvalue weighted by Gasteiger charge is 2.32. The zero-order valence-corrected chi connectivity index (χ0v) is 19.9. The van der Waals surface area contributed by atoms with Gasteiger partial charge in [0.2, 0.25) is 11.8 Å². The van der Waals surface area contributed by atoms with E-state index >= 15 is 0 Å². The van der Waals surface area contributed by atoms with Crippen molar-refractivity contribution >= 4 is 22.8 Å². The fraction of sp³-hybridized carbons (Fsp3) is 0.308. The number of nitrogens with one attached hydrogen (secondary N) is 1. The van der Waals surface area contributed by atoms with E-state index in [0.717, 1.165) is 17.5 Å². The number of ether oxygens (including phenoxy) is 1. The summed E-state index contributed by atoms with van der Waals surface area (Å²) in [5.74, 6) is -0.0140. The van der Waals surface area contributed by atoms with Crippen LogP contribution in [0.15, 0.2) is 71.3 Å². The van der Waals surface area contributed by atoms with E-state index in [1.54, 1.807) is 30.2 Å². The molecule has 2 amide bonds. The van der Waals surface area contributed by atoms with E-state index in [4.69, 9.17) is 9.15 Å². The first-order valence-corrected chi connectivity index (χ1v) is 11.6. The van der Waals surface area contributed by atoms with Crippen LogP contribution in [0.4, 0.5) is 0 Å². The van der Waals surface area contributed by atoms with Gasteiger partial charge >= 0.3 is 0 Å². The Hall–Kier alpha value is -3.98. The molecule has 182 valence electrons. The van der Waals surface area contributed by atoms with Crippen molar-refractivity contribution in [2.75, 3.05) is 20.3 Å². The predicted octanol–water partition coefficient (Wildman–Crippen LogP) is 3.12. The summed E-state index contributed by atoms with van der Waals surface area (Å²) >= 11 is 0. The highest BCUT2D eigenvalue weighted by atomic mass is 16.5. The number of rotatable bonds is 11. The lowest BCUT2D eigenvalue weighted by atomic mass is 10.0. The second-order valence-corrected chi connectivity index (χ2v) is 8.12. The smallest absolute Gasteiger partial charge is 0.247 e. The van der Waals surface area contributed by atoms with Crippen LogP contribution >= 0.6 is 0 Å². The predicted molar refractivity (Wildman–Crippen MR) is 130 cm³/mol. The normalized spacial score (nSPS) is 11.9. The Morgan fingerprint density at radius 2 is 1.91 bits per heavy atom. The van der Waals surface area contributed by atoms with Gasteiger partial charge < -0.3 is 19.4 Å². The van der Waals surface area contributed by atoms with Crippen LogP contribution in [0.1, 0.15) is 29.9 Å². The van der Waals surface area contributed by atoms with Crippen LogP contribution in [0.25, 0.3) is 11.0 Å². The van der Waals surface area contributed by atoms with E-state index in [9.17, 15) is 9.59 Å². The molecule has 0 bridgehead atoms. The summed E-state index contributed by atoms with van der Waals surface area (Å²) < 4.78 is 12.2. The minimum atomic E-state index is -0.870. The van der Waals surface area contributed by atoms with Crippen molar-refractivity contribution in [2.45, 2.75) is 32.5 Å². The van der Waals surface area contributed by atoms with Gasteiger partial charge in [0.05, 0.1) is 24.9 Å². The summed E-state index contributed by atoms with van der Waals surface area (Å²) in [4.78, 5) is 28.7. The molecule has 2 aromatic carbocycles. The molecule has 0 unspecified atom stereocenters. The van der Waals surface area contributed by atoms with Crippen molar-refractivity contribution in [1.29, 1.82) is 0 Å². The second-order valence-electron chi connectivity index (χ2n) is 8.12. The number of para-hydroxylation sites is 1. The maximum absolute atomic E-state index is 13.7. The molecule has 9 nitrogen and oxygen atoms in total. The van der Waals surface area contributed by atoms with Gasteiger partial charge in [-0.1, -0.05) is 48.5 Å². The molecule has 4 aromatic rings. The Morgan fingerprint density at radius 1 is 1.11 bits per heavy atom. The molecule has 4 rings (SSSR count). The molecule has 0 spiro atoms. The number of carbonyl (C=O) groups is 2. The Balaban J connectivity index is 1.69. The molecule has 9 heteroatoms. The number of furan rings is 1. The molecule has 0 saturated heterocycles. The maximum Gasteiger partial charge on any atom is 0.247 e. The zero-order chi connectivity index (χ0) is 24.6. The number of carbonyl (C=O) groups excluding carboxylic acids is 2. The topological polar surface area (TPSA) is 102 Å². The molecular weight excluding hydrogens is 446 g/mol. The summed E-state index contributed by atoms with van der Waals surface area (Å²) in [6, 6.07) is 17.9. The van der Waals surface area contributed by atoms with Crippen molar-refractivity contribution in [3.05, 3.63) is 83.8 Å². The molecule has 1 N–H and O–H groups in total. The van der Waals surface area contributed by atoms with Crippen LogP contribution in [0.2, 0.25) is 0 Å². The van der Waals surface area contributed by atoms with Gasteiger partial charge in [0.25, 0.3) is 0 Å². The number of benzene rings is 2. The first-order valence-electron chi connectivity index (χ1n) is 11.6. The van der Waals surface area contributed by atoms with E-state index in [-0.39, 0.29) is 24.9 Å². The first kappa shape index (κ1) is 24.2. The number of aryl methyl sites for hydroxylation is 1. The third kappa shape index (κ3) is 5.75. The Bertz CT molecular complexity index is 1250. The van der Waals surface area contributed by atoms with Crippen molar-refractivity contribution < 1.29 is 18.7 Å². The molecular formula is C26H29N5O4. The molecule has 0 aliphatic carbocycles. The average molecular weight is 476 g/mol. The minimum Gasteiger partial charge on any atom is -0.467 e. The van der Waals surface area contributed by atoms with Gasteiger partial charge in [-0.15, -0.1) is 5.10 Å². The third-order valence-corrected chi connectivity index (χ3v) is 5.80. The highest BCUT2D eigenvalue weighted by molar-refractivity contribution is 5.89.